The molecule has 4 heteroatoms. The smallest absolute Gasteiger partial charge is 0.224 e. The molecular formula is C18H24N2O2. The fourth-order valence-electron chi connectivity index (χ4n) is 2.24. The van der Waals surface area contributed by atoms with Crippen molar-refractivity contribution in [2.45, 2.75) is 53.0 Å². The van der Waals surface area contributed by atoms with Crippen molar-refractivity contribution in [1.29, 1.82) is 0 Å². The van der Waals surface area contributed by atoms with Gasteiger partial charge in [-0.2, -0.15) is 0 Å². The molecule has 4 nitrogen and oxygen atoms in total. The Morgan fingerprint density at radius 3 is 2.45 bits per heavy atom. The molecule has 0 atom stereocenters. The van der Waals surface area contributed by atoms with Crippen LogP contribution < -0.4 is 5.32 Å². The van der Waals surface area contributed by atoms with Crippen molar-refractivity contribution in [2.24, 2.45) is 0 Å². The molecule has 2 aromatic rings. The van der Waals surface area contributed by atoms with Crippen molar-refractivity contribution >= 4 is 5.91 Å². The Balaban J connectivity index is 1.81. The molecule has 0 fully saturated rings. The van der Waals surface area contributed by atoms with E-state index in [1.54, 1.807) is 0 Å². The van der Waals surface area contributed by atoms with Gasteiger partial charge < -0.3 is 9.73 Å². The van der Waals surface area contributed by atoms with E-state index in [0.29, 0.717) is 18.9 Å². The van der Waals surface area contributed by atoms with Crippen LogP contribution in [0.1, 0.15) is 48.2 Å². The van der Waals surface area contributed by atoms with Gasteiger partial charge in [-0.15, -0.1) is 0 Å². The van der Waals surface area contributed by atoms with Gasteiger partial charge in [-0.3, -0.25) is 4.79 Å². The summed E-state index contributed by atoms with van der Waals surface area (Å²) < 4.78 is 5.44. The molecule has 118 valence electrons. The van der Waals surface area contributed by atoms with E-state index >= 15 is 0 Å². The molecule has 0 aliphatic carbocycles. The SMILES string of the molecule is CCCCc1ccc(CC(=O)NCc2nc(C)c(C)o2)cc1. The van der Waals surface area contributed by atoms with Crippen molar-refractivity contribution in [1.82, 2.24) is 10.3 Å². The third-order valence-corrected chi connectivity index (χ3v) is 3.72. The Labute approximate surface area is 131 Å². The highest BCUT2D eigenvalue weighted by Crippen LogP contribution is 2.10. The second-order valence-electron chi connectivity index (χ2n) is 5.62. The van der Waals surface area contributed by atoms with Crippen molar-refractivity contribution in [3.63, 3.8) is 0 Å². The number of nitrogens with zero attached hydrogens (tertiary/aromatic N) is 1. The average Bonchev–Trinajstić information content (AvgIpc) is 2.83. The number of carbonyl (C=O) groups is 1. The Bertz CT molecular complexity index is 595. The number of nitrogens with one attached hydrogen (secondary N) is 1. The van der Waals surface area contributed by atoms with Crippen molar-refractivity contribution in [3.05, 3.63) is 52.7 Å². The predicted molar refractivity (Wildman–Crippen MR) is 86.6 cm³/mol. The molecule has 0 aliphatic heterocycles. The number of amides is 1. The van der Waals surface area contributed by atoms with E-state index in [2.05, 4.69) is 29.4 Å². The van der Waals surface area contributed by atoms with E-state index in [-0.39, 0.29) is 5.91 Å². The first-order valence-corrected chi connectivity index (χ1v) is 7.86. The Morgan fingerprint density at radius 1 is 1.18 bits per heavy atom. The van der Waals surface area contributed by atoms with E-state index in [1.807, 2.05) is 26.0 Å². The van der Waals surface area contributed by atoms with Gasteiger partial charge in [0.15, 0.2) is 0 Å². The van der Waals surface area contributed by atoms with Gasteiger partial charge in [-0.05, 0) is 37.8 Å². The van der Waals surface area contributed by atoms with Crippen LogP contribution in [0.3, 0.4) is 0 Å². The summed E-state index contributed by atoms with van der Waals surface area (Å²) in [5.41, 5.74) is 3.22. The quantitative estimate of drug-likeness (QED) is 0.851. The summed E-state index contributed by atoms with van der Waals surface area (Å²) in [6, 6.07) is 8.28. The minimum absolute atomic E-state index is 0.0187. The molecule has 0 radical (unpaired) electrons. The molecule has 1 amide bonds. The second-order valence-corrected chi connectivity index (χ2v) is 5.62. The van der Waals surface area contributed by atoms with Gasteiger partial charge in [0.1, 0.15) is 5.76 Å². The van der Waals surface area contributed by atoms with Crippen LogP contribution in [0.2, 0.25) is 0 Å². The highest BCUT2D eigenvalue weighted by atomic mass is 16.4. The van der Waals surface area contributed by atoms with Crippen LogP contribution in [0, 0.1) is 13.8 Å². The van der Waals surface area contributed by atoms with Gasteiger partial charge in [0, 0.05) is 0 Å². The molecular weight excluding hydrogens is 276 g/mol. The number of aryl methyl sites for hydroxylation is 3. The van der Waals surface area contributed by atoms with Gasteiger partial charge >= 0.3 is 0 Å². The lowest BCUT2D eigenvalue weighted by molar-refractivity contribution is -0.120. The molecule has 1 heterocycles. The van der Waals surface area contributed by atoms with E-state index in [9.17, 15) is 4.79 Å². The number of rotatable bonds is 7. The largest absolute Gasteiger partial charge is 0.444 e. The number of oxazole rings is 1. The number of carbonyl (C=O) groups excluding carboxylic acids is 1. The molecule has 2 rings (SSSR count). The Morgan fingerprint density at radius 2 is 1.86 bits per heavy atom. The first-order chi connectivity index (χ1) is 10.6. The maximum absolute atomic E-state index is 12.0. The lowest BCUT2D eigenvalue weighted by Crippen LogP contribution is -2.24. The lowest BCUT2D eigenvalue weighted by atomic mass is 10.0. The van der Waals surface area contributed by atoms with Crippen molar-refractivity contribution in [3.8, 4) is 0 Å². The molecule has 1 aromatic heterocycles. The average molecular weight is 300 g/mol. The number of hydrogen-bond donors (Lipinski definition) is 1. The summed E-state index contributed by atoms with van der Waals surface area (Å²) in [4.78, 5) is 16.2. The molecule has 1 N–H and O–H groups in total. The summed E-state index contributed by atoms with van der Waals surface area (Å²) in [5.74, 6) is 1.33. The maximum Gasteiger partial charge on any atom is 0.224 e. The zero-order valence-corrected chi connectivity index (χ0v) is 13.6. The topological polar surface area (TPSA) is 55.1 Å². The minimum Gasteiger partial charge on any atom is -0.444 e. The van der Waals surface area contributed by atoms with Gasteiger partial charge in [0.2, 0.25) is 11.8 Å². The van der Waals surface area contributed by atoms with Gasteiger partial charge in [-0.25, -0.2) is 4.98 Å². The molecule has 0 spiro atoms. The van der Waals surface area contributed by atoms with Crippen molar-refractivity contribution < 1.29 is 9.21 Å². The van der Waals surface area contributed by atoms with Crippen LogP contribution in [0.15, 0.2) is 28.7 Å². The van der Waals surface area contributed by atoms with Gasteiger partial charge in [0.05, 0.1) is 18.7 Å². The predicted octanol–water partition coefficient (Wildman–Crippen LogP) is 3.49. The van der Waals surface area contributed by atoms with Crippen LogP contribution >= 0.6 is 0 Å². The lowest BCUT2D eigenvalue weighted by Gasteiger charge is -2.05. The Kier molecular flexibility index (Phi) is 5.75. The monoisotopic (exact) mass is 300 g/mol. The van der Waals surface area contributed by atoms with E-state index in [1.165, 1.54) is 18.4 Å². The van der Waals surface area contributed by atoms with Crippen LogP contribution in [-0.2, 0) is 24.2 Å². The Hall–Kier alpha value is -2.10. The third kappa shape index (κ3) is 4.72. The minimum atomic E-state index is -0.0187. The normalized spacial score (nSPS) is 10.7. The van der Waals surface area contributed by atoms with Crippen LogP contribution in [0.25, 0.3) is 0 Å². The third-order valence-electron chi connectivity index (χ3n) is 3.72. The van der Waals surface area contributed by atoms with E-state index in [0.717, 1.165) is 23.4 Å². The number of unbranched alkanes of at least 4 members (excludes halogenated alkanes) is 1. The van der Waals surface area contributed by atoms with Crippen LogP contribution in [-0.4, -0.2) is 10.9 Å². The first kappa shape index (κ1) is 16.3. The summed E-state index contributed by atoms with van der Waals surface area (Å²) in [7, 11) is 0. The van der Waals surface area contributed by atoms with Gasteiger partial charge in [-0.1, -0.05) is 37.6 Å². The highest BCUT2D eigenvalue weighted by Gasteiger charge is 2.08. The molecule has 1 aromatic carbocycles. The van der Waals surface area contributed by atoms with Crippen LogP contribution in [0.4, 0.5) is 0 Å². The van der Waals surface area contributed by atoms with Crippen LogP contribution in [0.5, 0.6) is 0 Å². The molecule has 0 saturated heterocycles. The molecule has 22 heavy (non-hydrogen) atoms. The fourth-order valence-corrected chi connectivity index (χ4v) is 2.24. The van der Waals surface area contributed by atoms with Gasteiger partial charge in [0.25, 0.3) is 0 Å². The summed E-state index contributed by atoms with van der Waals surface area (Å²) >= 11 is 0. The zero-order chi connectivity index (χ0) is 15.9. The fraction of sp³-hybridized carbons (Fsp3) is 0.444. The molecule has 0 aliphatic rings. The highest BCUT2D eigenvalue weighted by molar-refractivity contribution is 5.78. The standard InChI is InChI=1S/C18H24N2O2/c1-4-5-6-15-7-9-16(10-8-15)11-17(21)19-12-18-20-13(2)14(3)22-18/h7-10H,4-6,11-12H2,1-3H3,(H,19,21). The van der Waals surface area contributed by atoms with Crippen molar-refractivity contribution in [2.75, 3.05) is 0 Å². The number of hydrogen-bond acceptors (Lipinski definition) is 3. The molecule has 0 saturated carbocycles. The zero-order valence-electron chi connectivity index (χ0n) is 13.6. The summed E-state index contributed by atoms with van der Waals surface area (Å²) in [5, 5.41) is 2.84. The summed E-state index contributed by atoms with van der Waals surface area (Å²) in [6.07, 6.45) is 3.89. The number of aromatic nitrogens is 1. The molecule has 0 unspecified atom stereocenters. The second kappa shape index (κ2) is 7.78. The summed E-state index contributed by atoms with van der Waals surface area (Å²) in [6.45, 7) is 6.29. The van der Waals surface area contributed by atoms with E-state index in [4.69, 9.17) is 4.42 Å². The number of benzene rings is 1. The first-order valence-electron chi connectivity index (χ1n) is 7.86. The maximum atomic E-state index is 12.0. The molecule has 0 bridgehead atoms. The van der Waals surface area contributed by atoms with E-state index < -0.39 is 0 Å².